The third kappa shape index (κ3) is 4.27. The maximum atomic E-state index is 14.2. The van der Waals surface area contributed by atoms with Crippen molar-refractivity contribution < 1.29 is 43.7 Å². The highest BCUT2D eigenvalue weighted by atomic mass is 16.5. The number of carbonyl (C=O) groups excluding carboxylic acids is 5. The van der Waals surface area contributed by atoms with Gasteiger partial charge >= 0.3 is 5.97 Å². The van der Waals surface area contributed by atoms with E-state index in [4.69, 9.17) is 9.47 Å². The Morgan fingerprint density at radius 1 is 1.07 bits per heavy atom. The summed E-state index contributed by atoms with van der Waals surface area (Å²) in [5, 5.41) is 25.4. The number of hydrogen-bond donors (Lipinski definition) is 3. The predicted octanol–water partition coefficient (Wildman–Crippen LogP) is 0.516. The minimum atomic E-state index is -2.79. The summed E-state index contributed by atoms with van der Waals surface area (Å²) in [6, 6.07) is 2.42. The minimum Gasteiger partial charge on any atom is -0.507 e. The van der Waals surface area contributed by atoms with Crippen LogP contribution in [-0.4, -0.2) is 91.4 Å². The average Bonchev–Trinajstić information content (AvgIpc) is 2.84. The number of ether oxygens (including phenoxy) is 2. The van der Waals surface area contributed by atoms with Gasteiger partial charge < -0.3 is 24.6 Å². The monoisotopic (exact) mass is 555 g/mol. The van der Waals surface area contributed by atoms with E-state index in [0.29, 0.717) is 5.75 Å². The van der Waals surface area contributed by atoms with Gasteiger partial charge in [-0.25, -0.2) is 0 Å². The van der Waals surface area contributed by atoms with Crippen molar-refractivity contribution in [2.75, 3.05) is 40.2 Å². The molecule has 0 radical (unpaired) electrons. The van der Waals surface area contributed by atoms with Crippen LogP contribution in [-0.2, 0) is 35.1 Å². The Labute approximate surface area is 231 Å². The Hall–Kier alpha value is -4.03. The number of methoxy groups -OCH3 is 1. The predicted molar refractivity (Wildman–Crippen MR) is 142 cm³/mol. The molecule has 1 saturated carbocycles. The van der Waals surface area contributed by atoms with Crippen LogP contribution in [0.5, 0.6) is 5.75 Å². The van der Waals surface area contributed by atoms with Crippen LogP contribution in [0.15, 0.2) is 29.0 Å². The Balaban J connectivity index is 1.99. The van der Waals surface area contributed by atoms with Gasteiger partial charge in [-0.2, -0.15) is 0 Å². The fraction of sp³-hybridized carbons (Fsp3) is 0.464. The number of aliphatic hydroxyl groups excluding tert-OH is 1. The lowest BCUT2D eigenvalue weighted by Gasteiger charge is -2.50. The Kier molecular flexibility index (Phi) is 7.37. The summed E-state index contributed by atoms with van der Waals surface area (Å²) in [5.41, 5.74) is -1.93. The van der Waals surface area contributed by atoms with E-state index in [0.717, 1.165) is 25.1 Å². The van der Waals surface area contributed by atoms with E-state index < -0.39 is 64.2 Å². The van der Waals surface area contributed by atoms with E-state index >= 15 is 0 Å². The molecule has 214 valence electrons. The topological polar surface area (TPSA) is 163 Å². The smallest absolute Gasteiger partial charge is 0.307 e. The molecule has 0 bridgehead atoms. The molecule has 0 heterocycles. The van der Waals surface area contributed by atoms with Crippen LogP contribution in [0.3, 0.4) is 0 Å². The Morgan fingerprint density at radius 2 is 1.73 bits per heavy atom. The number of ketones is 2. The van der Waals surface area contributed by atoms with Crippen LogP contribution in [0.4, 0.5) is 5.69 Å². The Bertz CT molecular complexity index is 1410. The number of benzene rings is 1. The molecular formula is C28H33N3O9. The molecule has 0 aromatic heterocycles. The minimum absolute atomic E-state index is 0.0338. The molecule has 12 heteroatoms. The second-order valence-electron chi connectivity index (χ2n) is 10.7. The summed E-state index contributed by atoms with van der Waals surface area (Å²) in [4.78, 5) is 68.3. The van der Waals surface area contributed by atoms with Crippen molar-refractivity contribution in [3.8, 4) is 5.75 Å². The van der Waals surface area contributed by atoms with E-state index in [1.54, 1.807) is 20.2 Å². The second-order valence-corrected chi connectivity index (χ2v) is 10.7. The van der Waals surface area contributed by atoms with E-state index in [-0.39, 0.29) is 29.7 Å². The summed E-state index contributed by atoms with van der Waals surface area (Å²) in [5.74, 6) is -7.43. The highest BCUT2D eigenvalue weighted by Crippen LogP contribution is 2.53. The number of amides is 2. The third-order valence-corrected chi connectivity index (χ3v) is 7.76. The van der Waals surface area contributed by atoms with Gasteiger partial charge in [0, 0.05) is 45.1 Å². The lowest BCUT2D eigenvalue weighted by atomic mass is 9.57. The van der Waals surface area contributed by atoms with Gasteiger partial charge in [-0.15, -0.1) is 0 Å². The van der Waals surface area contributed by atoms with Gasteiger partial charge in [-0.05, 0) is 50.6 Å². The summed E-state index contributed by atoms with van der Waals surface area (Å²) in [6.07, 6.45) is 0.322. The molecule has 1 aromatic rings. The first-order valence-corrected chi connectivity index (χ1v) is 12.7. The molecule has 1 aromatic carbocycles. The second kappa shape index (κ2) is 10.2. The van der Waals surface area contributed by atoms with E-state index in [9.17, 15) is 34.2 Å². The van der Waals surface area contributed by atoms with E-state index in [1.165, 1.54) is 12.0 Å². The molecule has 1 fully saturated rings. The molecule has 3 aliphatic rings. The number of nitrogens with zero attached hydrogens (tertiary/aromatic N) is 2. The number of fused-ring (bicyclic) bond motifs is 3. The fourth-order valence-corrected chi connectivity index (χ4v) is 6.25. The average molecular weight is 556 g/mol. The first kappa shape index (κ1) is 29.0. The van der Waals surface area contributed by atoms with Crippen LogP contribution >= 0.6 is 0 Å². The quantitative estimate of drug-likeness (QED) is 0.264. The zero-order chi connectivity index (χ0) is 29.8. The lowest BCUT2D eigenvalue weighted by Crippen LogP contribution is -2.67. The highest BCUT2D eigenvalue weighted by Gasteiger charge is 2.65. The SMILES string of the molecule is COc1ccc(N(C)C)c2c1C(O)=C1C(=O)[C@]3(O)C(=O)C(C(=O)NC(C)=O)=C(OC(C)=O)[C@@H](N(C)C)[C@@H]3C[C@@H]1C2. The zero-order valence-corrected chi connectivity index (χ0v) is 23.4. The maximum Gasteiger partial charge on any atom is 0.307 e. The van der Waals surface area contributed by atoms with Crippen LogP contribution in [0.1, 0.15) is 31.4 Å². The van der Waals surface area contributed by atoms with Crippen LogP contribution in [0, 0.1) is 11.8 Å². The van der Waals surface area contributed by atoms with Crippen LogP contribution in [0.2, 0.25) is 0 Å². The highest BCUT2D eigenvalue weighted by molar-refractivity contribution is 6.34. The standard InChI is InChI=1S/C28H33N3O9/c1-12(32)29-27(37)21-24(40-13(2)33)22(31(5)6)16-11-14-10-15-17(30(3)4)8-9-18(39-7)20(15)23(34)19(14)25(35)28(16,38)26(21)36/h8-9,14,16,22,34,38H,10-11H2,1-7H3,(H,29,32,37)/t14-,16-,22-,28-/m0/s1. The van der Waals surface area contributed by atoms with Gasteiger partial charge in [0.25, 0.3) is 5.91 Å². The first-order chi connectivity index (χ1) is 18.7. The maximum absolute atomic E-state index is 14.2. The molecule has 4 rings (SSSR count). The van der Waals surface area contributed by atoms with Crippen molar-refractivity contribution in [2.24, 2.45) is 11.8 Å². The number of imide groups is 1. The van der Waals surface area contributed by atoms with Gasteiger partial charge in [0.15, 0.2) is 5.60 Å². The van der Waals surface area contributed by atoms with E-state index in [2.05, 4.69) is 0 Å². The van der Waals surface area contributed by atoms with Crippen molar-refractivity contribution in [3.05, 3.63) is 40.2 Å². The molecule has 3 aliphatic carbocycles. The molecule has 4 atom stereocenters. The third-order valence-electron chi connectivity index (χ3n) is 7.76. The van der Waals surface area contributed by atoms with Gasteiger partial charge in [0.05, 0.1) is 18.7 Å². The van der Waals surface area contributed by atoms with Gasteiger partial charge in [-0.1, -0.05) is 0 Å². The molecular weight excluding hydrogens is 522 g/mol. The molecule has 0 saturated heterocycles. The fourth-order valence-electron chi connectivity index (χ4n) is 6.25. The van der Waals surface area contributed by atoms with Gasteiger partial charge in [0.1, 0.15) is 22.8 Å². The summed E-state index contributed by atoms with van der Waals surface area (Å²) in [6.45, 7) is 2.14. The number of Topliss-reactive ketones (excluding diaryl/α,β-unsaturated/α-hetero) is 2. The zero-order valence-electron chi connectivity index (χ0n) is 23.4. The number of aliphatic hydroxyl groups is 2. The molecule has 40 heavy (non-hydrogen) atoms. The van der Waals surface area contributed by atoms with Crippen molar-refractivity contribution in [1.29, 1.82) is 0 Å². The summed E-state index contributed by atoms with van der Waals surface area (Å²) < 4.78 is 10.8. The molecule has 2 amide bonds. The number of carbonyl (C=O) groups is 5. The van der Waals surface area contributed by atoms with Crippen molar-refractivity contribution in [3.63, 3.8) is 0 Å². The van der Waals surface area contributed by atoms with Crippen LogP contribution < -0.4 is 15.0 Å². The number of anilines is 1. The normalized spacial score (nSPS) is 25.7. The number of rotatable bonds is 5. The summed E-state index contributed by atoms with van der Waals surface area (Å²) in [7, 11) is 8.28. The molecule has 3 N–H and O–H groups in total. The van der Waals surface area contributed by atoms with Gasteiger partial charge in [-0.3, -0.25) is 34.2 Å². The van der Waals surface area contributed by atoms with Gasteiger partial charge in [0.2, 0.25) is 17.5 Å². The van der Waals surface area contributed by atoms with Crippen molar-refractivity contribution >= 4 is 40.8 Å². The van der Waals surface area contributed by atoms with E-state index in [1.807, 2.05) is 30.4 Å². The number of hydrogen-bond acceptors (Lipinski definition) is 11. The summed E-state index contributed by atoms with van der Waals surface area (Å²) >= 11 is 0. The largest absolute Gasteiger partial charge is 0.507 e. The molecule has 0 spiro atoms. The Morgan fingerprint density at radius 3 is 2.25 bits per heavy atom. The number of nitrogens with one attached hydrogen (secondary N) is 1. The molecule has 0 aliphatic heterocycles. The molecule has 0 unspecified atom stereocenters. The van der Waals surface area contributed by atoms with Crippen molar-refractivity contribution in [2.45, 2.75) is 38.3 Å². The lowest BCUT2D eigenvalue weighted by molar-refractivity contribution is -0.163. The number of likely N-dealkylation sites (N-methyl/N-ethyl adjacent to an activating group) is 1. The van der Waals surface area contributed by atoms with Crippen molar-refractivity contribution in [1.82, 2.24) is 10.2 Å². The first-order valence-electron chi connectivity index (χ1n) is 12.7. The molecule has 12 nitrogen and oxygen atoms in total. The van der Waals surface area contributed by atoms with Crippen LogP contribution in [0.25, 0.3) is 5.76 Å². The number of esters is 1.